The third-order valence-corrected chi connectivity index (χ3v) is 1.81. The predicted octanol–water partition coefficient (Wildman–Crippen LogP) is -0.387. The molecule has 5 heteroatoms. The first kappa shape index (κ1) is 8.00. The zero-order chi connectivity index (χ0) is 8.27. The van der Waals surface area contributed by atoms with Crippen molar-refractivity contribution in [1.29, 1.82) is 0 Å². The lowest BCUT2D eigenvalue weighted by atomic mass is 10.6. The van der Waals surface area contributed by atoms with Crippen molar-refractivity contribution >= 4 is 23.1 Å². The van der Waals surface area contributed by atoms with E-state index >= 15 is 0 Å². The third-order valence-electron chi connectivity index (χ3n) is 1.03. The van der Waals surface area contributed by atoms with Gasteiger partial charge in [-0.25, -0.2) is 4.98 Å². The van der Waals surface area contributed by atoms with Crippen LogP contribution in [0, 0.1) is 6.92 Å². The Kier molecular flexibility index (Phi) is 2.43. The standard InChI is InChI=1S/C6H8N2O2S/c1-4-8-5(3-11-4)7-2-6(9)10/h3,7H,2H2,1H3,(H,9,10)/p-1. The Morgan fingerprint density at radius 2 is 2.64 bits per heavy atom. The largest absolute Gasteiger partial charge is 0.548 e. The molecule has 0 aliphatic heterocycles. The van der Waals surface area contributed by atoms with E-state index in [0.717, 1.165) is 5.01 Å². The molecular weight excluding hydrogens is 164 g/mol. The van der Waals surface area contributed by atoms with Gasteiger partial charge >= 0.3 is 0 Å². The van der Waals surface area contributed by atoms with Crippen LogP contribution >= 0.6 is 11.3 Å². The summed E-state index contributed by atoms with van der Waals surface area (Å²) in [7, 11) is 0. The van der Waals surface area contributed by atoms with E-state index < -0.39 is 5.97 Å². The first-order valence-corrected chi connectivity index (χ1v) is 3.92. The minimum absolute atomic E-state index is 0.191. The quantitative estimate of drug-likeness (QED) is 0.673. The molecule has 0 spiro atoms. The smallest absolute Gasteiger partial charge is 0.137 e. The molecule has 0 aliphatic rings. The fourth-order valence-electron chi connectivity index (χ4n) is 0.607. The number of rotatable bonds is 3. The van der Waals surface area contributed by atoms with Gasteiger partial charge in [0.2, 0.25) is 0 Å². The van der Waals surface area contributed by atoms with Crippen LogP contribution in [-0.2, 0) is 4.79 Å². The number of anilines is 1. The molecule has 1 rings (SSSR count). The normalized spacial score (nSPS) is 9.55. The number of carboxylic acid groups (broad SMARTS) is 1. The van der Waals surface area contributed by atoms with E-state index in [2.05, 4.69) is 10.3 Å². The van der Waals surface area contributed by atoms with Crippen molar-refractivity contribution in [3.8, 4) is 0 Å². The van der Waals surface area contributed by atoms with Crippen molar-refractivity contribution < 1.29 is 9.90 Å². The van der Waals surface area contributed by atoms with Gasteiger partial charge in [0.1, 0.15) is 5.82 Å². The van der Waals surface area contributed by atoms with Crippen LogP contribution in [-0.4, -0.2) is 17.5 Å². The second-order valence-corrected chi connectivity index (χ2v) is 3.04. The summed E-state index contributed by atoms with van der Waals surface area (Å²) in [4.78, 5) is 14.0. The molecule has 60 valence electrons. The number of hydrogen-bond donors (Lipinski definition) is 1. The highest BCUT2D eigenvalue weighted by Crippen LogP contribution is 2.11. The van der Waals surface area contributed by atoms with Crippen molar-refractivity contribution in [2.75, 3.05) is 11.9 Å². The van der Waals surface area contributed by atoms with Crippen molar-refractivity contribution in [3.05, 3.63) is 10.4 Å². The number of nitrogens with one attached hydrogen (secondary N) is 1. The van der Waals surface area contributed by atoms with Crippen LogP contribution in [0.3, 0.4) is 0 Å². The minimum Gasteiger partial charge on any atom is -0.548 e. The van der Waals surface area contributed by atoms with Crippen LogP contribution < -0.4 is 10.4 Å². The molecule has 1 aromatic rings. The molecule has 0 bridgehead atoms. The Bertz CT molecular complexity index is 259. The molecule has 0 aromatic carbocycles. The molecule has 1 N–H and O–H groups in total. The molecule has 0 amide bonds. The van der Waals surface area contributed by atoms with Crippen LogP contribution in [0.15, 0.2) is 5.38 Å². The van der Waals surface area contributed by atoms with Crippen molar-refractivity contribution in [2.45, 2.75) is 6.92 Å². The number of carbonyl (C=O) groups excluding carboxylic acids is 1. The van der Waals surface area contributed by atoms with E-state index in [-0.39, 0.29) is 6.54 Å². The lowest BCUT2D eigenvalue weighted by Gasteiger charge is -2.01. The molecular formula is C6H7N2O2S-. The average molecular weight is 171 g/mol. The molecule has 0 fully saturated rings. The molecule has 0 saturated heterocycles. The summed E-state index contributed by atoms with van der Waals surface area (Å²) >= 11 is 1.47. The van der Waals surface area contributed by atoms with Gasteiger partial charge in [-0.1, -0.05) is 0 Å². The topological polar surface area (TPSA) is 65.0 Å². The summed E-state index contributed by atoms with van der Waals surface area (Å²) in [5, 5.41) is 15.3. The number of nitrogens with zero attached hydrogens (tertiary/aromatic N) is 1. The van der Waals surface area contributed by atoms with Gasteiger partial charge < -0.3 is 15.2 Å². The van der Waals surface area contributed by atoms with E-state index in [1.165, 1.54) is 11.3 Å². The first-order valence-electron chi connectivity index (χ1n) is 3.04. The van der Waals surface area contributed by atoms with Crippen molar-refractivity contribution in [3.63, 3.8) is 0 Å². The van der Waals surface area contributed by atoms with Gasteiger partial charge in [-0.2, -0.15) is 0 Å². The molecule has 0 aliphatic carbocycles. The van der Waals surface area contributed by atoms with E-state index in [9.17, 15) is 9.90 Å². The number of carbonyl (C=O) groups is 1. The van der Waals surface area contributed by atoms with Crippen LogP contribution in [0.25, 0.3) is 0 Å². The first-order chi connectivity index (χ1) is 5.18. The lowest BCUT2D eigenvalue weighted by molar-refractivity contribution is -0.302. The summed E-state index contributed by atoms with van der Waals surface area (Å²) in [5.74, 6) is -0.535. The number of thiazole rings is 1. The molecule has 0 atom stereocenters. The zero-order valence-electron chi connectivity index (χ0n) is 5.96. The van der Waals surface area contributed by atoms with Crippen LogP contribution in [0.1, 0.15) is 5.01 Å². The predicted molar refractivity (Wildman–Crippen MR) is 40.3 cm³/mol. The summed E-state index contributed by atoms with van der Waals surface area (Å²) in [6.07, 6.45) is 0. The van der Waals surface area contributed by atoms with Crippen LogP contribution in [0.4, 0.5) is 5.82 Å². The molecule has 0 radical (unpaired) electrons. The lowest BCUT2D eigenvalue weighted by Crippen LogP contribution is -2.30. The van der Waals surface area contributed by atoms with Gasteiger partial charge in [0.25, 0.3) is 0 Å². The summed E-state index contributed by atoms with van der Waals surface area (Å²) in [6, 6.07) is 0. The summed E-state index contributed by atoms with van der Waals surface area (Å²) in [5.41, 5.74) is 0. The number of aliphatic carboxylic acids is 1. The molecule has 4 nitrogen and oxygen atoms in total. The van der Waals surface area contributed by atoms with Gasteiger partial charge in [0, 0.05) is 5.38 Å². The Labute approximate surface area is 67.9 Å². The highest BCUT2D eigenvalue weighted by atomic mass is 32.1. The summed E-state index contributed by atoms with van der Waals surface area (Å²) < 4.78 is 0. The second-order valence-electron chi connectivity index (χ2n) is 1.98. The Hall–Kier alpha value is -1.10. The molecule has 0 unspecified atom stereocenters. The van der Waals surface area contributed by atoms with Crippen LogP contribution in [0.5, 0.6) is 0 Å². The van der Waals surface area contributed by atoms with Gasteiger partial charge in [0.15, 0.2) is 0 Å². The molecule has 1 heterocycles. The summed E-state index contributed by atoms with van der Waals surface area (Å²) in [6.45, 7) is 1.66. The zero-order valence-corrected chi connectivity index (χ0v) is 6.77. The maximum atomic E-state index is 9.98. The van der Waals surface area contributed by atoms with Gasteiger partial charge in [0.05, 0.1) is 17.5 Å². The molecule has 0 saturated carbocycles. The Morgan fingerprint density at radius 1 is 1.91 bits per heavy atom. The maximum absolute atomic E-state index is 9.98. The highest BCUT2D eigenvalue weighted by Gasteiger charge is 1.95. The SMILES string of the molecule is Cc1nc(NCC(=O)[O-])cs1. The van der Waals surface area contributed by atoms with E-state index in [1.807, 2.05) is 6.92 Å². The average Bonchev–Trinajstić information content (AvgIpc) is 2.31. The van der Waals surface area contributed by atoms with Crippen molar-refractivity contribution in [1.82, 2.24) is 4.98 Å². The van der Waals surface area contributed by atoms with E-state index in [4.69, 9.17) is 0 Å². The van der Waals surface area contributed by atoms with E-state index in [1.54, 1.807) is 5.38 Å². The Balaban J connectivity index is 2.45. The number of aromatic nitrogens is 1. The fraction of sp³-hybridized carbons (Fsp3) is 0.333. The highest BCUT2D eigenvalue weighted by molar-refractivity contribution is 7.09. The minimum atomic E-state index is -1.13. The second kappa shape index (κ2) is 3.34. The number of carboxylic acids is 1. The monoisotopic (exact) mass is 171 g/mol. The fourth-order valence-corrected chi connectivity index (χ4v) is 1.18. The van der Waals surface area contributed by atoms with Crippen LogP contribution in [0.2, 0.25) is 0 Å². The number of hydrogen-bond acceptors (Lipinski definition) is 5. The Morgan fingerprint density at radius 3 is 3.09 bits per heavy atom. The number of aryl methyl sites for hydroxylation is 1. The molecule has 1 aromatic heterocycles. The van der Waals surface area contributed by atoms with Gasteiger partial charge in [-0.3, -0.25) is 0 Å². The van der Waals surface area contributed by atoms with E-state index in [0.29, 0.717) is 5.82 Å². The van der Waals surface area contributed by atoms with Gasteiger partial charge in [-0.15, -0.1) is 11.3 Å². The third kappa shape index (κ3) is 2.55. The maximum Gasteiger partial charge on any atom is 0.137 e. The molecule has 11 heavy (non-hydrogen) atoms. The van der Waals surface area contributed by atoms with Crippen molar-refractivity contribution in [2.24, 2.45) is 0 Å². The van der Waals surface area contributed by atoms with Gasteiger partial charge in [-0.05, 0) is 6.92 Å².